The fourth-order valence-corrected chi connectivity index (χ4v) is 12.1. The maximum absolute atomic E-state index is 13.6. The Morgan fingerprint density at radius 2 is 1.46 bits per heavy atom. The van der Waals surface area contributed by atoms with Gasteiger partial charge in [0.15, 0.2) is 12.1 Å². The van der Waals surface area contributed by atoms with Crippen molar-refractivity contribution in [1.29, 1.82) is 0 Å². The van der Waals surface area contributed by atoms with Crippen molar-refractivity contribution in [3.63, 3.8) is 0 Å². The molecule has 2 aromatic carbocycles. The minimum atomic E-state index is -4.93. The standard InChI is InChI=1S/C39H58F3NO6Si/c1-6-38(7-2)47-30-32(49-38)24-26-43(36(44)39(40,41)42)25-17-19-31(35-45-28-29-46-35)18-11-10-16-27-48-50(37(3,4)5,33-20-12-8-13-21-33)34-22-14-9-15-23-34/h8-9,12-15,20-23,31-32,35H,6-7,10-11,16-19,24-30H2,1-5H3/t31?,32-/m0/s1. The highest BCUT2D eigenvalue weighted by Gasteiger charge is 2.50. The molecule has 0 spiro atoms. The lowest BCUT2D eigenvalue weighted by molar-refractivity contribution is -0.187. The van der Waals surface area contributed by atoms with Crippen LogP contribution in [0.2, 0.25) is 5.04 Å². The maximum atomic E-state index is 13.6. The van der Waals surface area contributed by atoms with Crippen molar-refractivity contribution < 1.29 is 41.3 Å². The Kier molecular flexibility index (Phi) is 15.0. The number of alkyl halides is 3. The van der Waals surface area contributed by atoms with Crippen LogP contribution in [-0.4, -0.2) is 83.0 Å². The van der Waals surface area contributed by atoms with Crippen LogP contribution in [0.15, 0.2) is 60.7 Å². The molecule has 2 heterocycles. The van der Waals surface area contributed by atoms with Crippen LogP contribution in [0.5, 0.6) is 0 Å². The highest BCUT2D eigenvalue weighted by atomic mass is 28.4. The van der Waals surface area contributed by atoms with Crippen molar-refractivity contribution >= 4 is 24.6 Å². The molecule has 4 rings (SSSR count). The summed E-state index contributed by atoms with van der Waals surface area (Å²) in [5.74, 6) is -2.47. The number of hydrogen-bond acceptors (Lipinski definition) is 6. The van der Waals surface area contributed by atoms with Crippen molar-refractivity contribution in [2.45, 2.75) is 122 Å². The van der Waals surface area contributed by atoms with E-state index in [4.69, 9.17) is 23.4 Å². The number of unbranched alkanes of at least 4 members (excludes halogenated alkanes) is 2. The Hall–Kier alpha value is -2.28. The summed E-state index contributed by atoms with van der Waals surface area (Å²) in [5, 5.41) is 2.42. The normalized spacial score (nSPS) is 19.2. The van der Waals surface area contributed by atoms with Gasteiger partial charge in [0.25, 0.3) is 8.32 Å². The Bertz CT molecular complexity index is 1240. The summed E-state index contributed by atoms with van der Waals surface area (Å²) in [4.78, 5) is 13.3. The molecule has 280 valence electrons. The van der Waals surface area contributed by atoms with E-state index >= 15 is 0 Å². The Morgan fingerprint density at radius 1 is 0.880 bits per heavy atom. The zero-order valence-corrected chi connectivity index (χ0v) is 31.6. The van der Waals surface area contributed by atoms with E-state index in [0.29, 0.717) is 52.1 Å². The fourth-order valence-electron chi connectivity index (χ4n) is 7.46. The van der Waals surface area contributed by atoms with Gasteiger partial charge in [0, 0.05) is 25.6 Å². The topological polar surface area (TPSA) is 66.5 Å². The van der Waals surface area contributed by atoms with Gasteiger partial charge >= 0.3 is 12.1 Å². The van der Waals surface area contributed by atoms with Crippen molar-refractivity contribution in [3.05, 3.63) is 60.7 Å². The summed E-state index contributed by atoms with van der Waals surface area (Å²) in [5.41, 5.74) is 0. The SMILES string of the molecule is CCC1(CC)OC[C@H](CCN(CCCC(CCCCCO[Si](c2ccccc2)(c2ccccc2)C(C)(C)C)C2OCCO2)C(=O)C(F)(F)F)O1. The lowest BCUT2D eigenvalue weighted by atomic mass is 9.95. The van der Waals surface area contributed by atoms with Gasteiger partial charge in [0.1, 0.15) is 0 Å². The molecule has 2 aromatic rings. The molecule has 2 aliphatic heterocycles. The van der Waals surface area contributed by atoms with Gasteiger partial charge in [0.2, 0.25) is 0 Å². The molecule has 0 bridgehead atoms. The van der Waals surface area contributed by atoms with Crippen LogP contribution >= 0.6 is 0 Å². The minimum Gasteiger partial charge on any atom is -0.407 e. The van der Waals surface area contributed by atoms with Crippen LogP contribution in [0.4, 0.5) is 13.2 Å². The number of benzene rings is 2. The minimum absolute atomic E-state index is 0.00810. The zero-order chi connectivity index (χ0) is 36.3. The Labute approximate surface area is 298 Å². The molecule has 50 heavy (non-hydrogen) atoms. The molecule has 7 nitrogen and oxygen atoms in total. The molecule has 11 heteroatoms. The third-order valence-electron chi connectivity index (χ3n) is 10.2. The Morgan fingerprint density at radius 3 is 1.98 bits per heavy atom. The highest BCUT2D eigenvalue weighted by molar-refractivity contribution is 6.99. The van der Waals surface area contributed by atoms with Crippen LogP contribution in [0, 0.1) is 5.92 Å². The predicted octanol–water partition coefficient (Wildman–Crippen LogP) is 7.61. The maximum Gasteiger partial charge on any atom is 0.471 e. The van der Waals surface area contributed by atoms with E-state index < -0.39 is 26.2 Å². The summed E-state index contributed by atoms with van der Waals surface area (Å²) < 4.78 is 71.3. The molecule has 2 atom stereocenters. The zero-order valence-electron chi connectivity index (χ0n) is 30.6. The van der Waals surface area contributed by atoms with Gasteiger partial charge in [-0.1, -0.05) is 108 Å². The fraction of sp³-hybridized carbons (Fsp3) is 0.667. The molecular formula is C39H58F3NO6Si. The van der Waals surface area contributed by atoms with E-state index in [9.17, 15) is 18.0 Å². The molecule has 0 N–H and O–H groups in total. The first-order valence-electron chi connectivity index (χ1n) is 18.5. The van der Waals surface area contributed by atoms with E-state index in [2.05, 4.69) is 69.3 Å². The number of rotatable bonds is 19. The molecule has 2 fully saturated rings. The monoisotopic (exact) mass is 721 g/mol. The molecule has 1 amide bonds. The van der Waals surface area contributed by atoms with E-state index in [1.54, 1.807) is 0 Å². The summed E-state index contributed by atoms with van der Waals surface area (Å²) in [6.07, 6.45) is 0.543. The van der Waals surface area contributed by atoms with Gasteiger partial charge in [-0.05, 0) is 60.4 Å². The third-order valence-corrected chi connectivity index (χ3v) is 15.3. The summed E-state index contributed by atoms with van der Waals surface area (Å²) >= 11 is 0. The smallest absolute Gasteiger partial charge is 0.407 e. The van der Waals surface area contributed by atoms with Gasteiger partial charge in [-0.2, -0.15) is 13.2 Å². The van der Waals surface area contributed by atoms with Crippen molar-refractivity contribution in [1.82, 2.24) is 4.90 Å². The van der Waals surface area contributed by atoms with Crippen LogP contribution in [0.3, 0.4) is 0 Å². The number of halogens is 3. The van der Waals surface area contributed by atoms with Crippen LogP contribution in [0.25, 0.3) is 0 Å². The van der Waals surface area contributed by atoms with Crippen molar-refractivity contribution in [2.75, 3.05) is 39.5 Å². The first-order chi connectivity index (χ1) is 23.8. The average molecular weight is 722 g/mol. The second kappa shape index (κ2) is 18.5. The lowest BCUT2D eigenvalue weighted by Crippen LogP contribution is -2.66. The van der Waals surface area contributed by atoms with E-state index in [1.807, 2.05) is 26.0 Å². The summed E-state index contributed by atoms with van der Waals surface area (Å²) in [7, 11) is -2.60. The van der Waals surface area contributed by atoms with Gasteiger partial charge < -0.3 is 28.3 Å². The van der Waals surface area contributed by atoms with Crippen LogP contribution < -0.4 is 10.4 Å². The molecule has 2 aliphatic rings. The van der Waals surface area contributed by atoms with Gasteiger partial charge in [-0.3, -0.25) is 4.79 Å². The molecule has 1 unspecified atom stereocenters. The average Bonchev–Trinajstić information content (AvgIpc) is 3.79. The Balaban J connectivity index is 1.31. The lowest BCUT2D eigenvalue weighted by Gasteiger charge is -2.43. The van der Waals surface area contributed by atoms with E-state index in [0.717, 1.165) is 30.6 Å². The third kappa shape index (κ3) is 10.4. The largest absolute Gasteiger partial charge is 0.471 e. The number of ether oxygens (including phenoxy) is 4. The van der Waals surface area contributed by atoms with Crippen LogP contribution in [0.1, 0.15) is 92.4 Å². The molecular weight excluding hydrogens is 664 g/mol. The second-order valence-corrected chi connectivity index (χ2v) is 18.9. The molecule has 0 radical (unpaired) electrons. The quantitative estimate of drug-likeness (QED) is 0.110. The highest BCUT2D eigenvalue weighted by Crippen LogP contribution is 2.37. The van der Waals surface area contributed by atoms with Crippen LogP contribution in [-0.2, 0) is 28.2 Å². The summed E-state index contributed by atoms with van der Waals surface area (Å²) in [6, 6.07) is 21.2. The number of amides is 1. The molecule has 0 aromatic heterocycles. The first kappa shape index (κ1) is 40.5. The van der Waals surface area contributed by atoms with Crippen molar-refractivity contribution in [2.24, 2.45) is 5.92 Å². The summed E-state index contributed by atoms with van der Waals surface area (Å²) in [6.45, 7) is 12.7. The second-order valence-electron chi connectivity index (χ2n) is 14.6. The van der Waals surface area contributed by atoms with E-state index in [-0.39, 0.29) is 42.9 Å². The van der Waals surface area contributed by atoms with Gasteiger partial charge in [-0.15, -0.1) is 0 Å². The van der Waals surface area contributed by atoms with Gasteiger partial charge in [0.05, 0.1) is 25.9 Å². The number of hydrogen-bond donors (Lipinski definition) is 0. The number of nitrogens with zero attached hydrogens (tertiary/aromatic N) is 1. The molecule has 2 saturated heterocycles. The molecule has 0 saturated carbocycles. The first-order valence-corrected chi connectivity index (χ1v) is 20.4. The molecule has 0 aliphatic carbocycles. The predicted molar refractivity (Wildman–Crippen MR) is 192 cm³/mol. The number of carbonyl (C=O) groups is 1. The van der Waals surface area contributed by atoms with Crippen molar-refractivity contribution in [3.8, 4) is 0 Å². The van der Waals surface area contributed by atoms with E-state index in [1.165, 1.54) is 10.4 Å². The van der Waals surface area contributed by atoms with Gasteiger partial charge in [-0.25, -0.2) is 0 Å². The number of carbonyl (C=O) groups excluding carboxylic acids is 1.